The third-order valence-corrected chi connectivity index (χ3v) is 4.93. The summed E-state index contributed by atoms with van der Waals surface area (Å²) in [6, 6.07) is 0.882. The lowest BCUT2D eigenvalue weighted by atomic mass is 9.70. The molecule has 0 aromatic heterocycles. The summed E-state index contributed by atoms with van der Waals surface area (Å²) < 4.78 is 0. The van der Waals surface area contributed by atoms with Crippen LogP contribution in [0.4, 0.5) is 0 Å². The zero-order valence-electron chi connectivity index (χ0n) is 9.34. The van der Waals surface area contributed by atoms with Gasteiger partial charge in [-0.05, 0) is 49.8 Å². The zero-order chi connectivity index (χ0) is 10.0. The van der Waals surface area contributed by atoms with E-state index in [2.05, 4.69) is 24.5 Å². The molecule has 1 heterocycles. The SMILES string of the molecule is CCC1CCCN1CC1(CS)CCC1. The van der Waals surface area contributed by atoms with Crippen LogP contribution >= 0.6 is 12.6 Å². The molecule has 0 N–H and O–H groups in total. The quantitative estimate of drug-likeness (QED) is 0.703. The van der Waals surface area contributed by atoms with Gasteiger partial charge in [0.2, 0.25) is 0 Å². The highest BCUT2D eigenvalue weighted by atomic mass is 32.1. The molecule has 1 atom stereocenters. The van der Waals surface area contributed by atoms with Gasteiger partial charge in [0.1, 0.15) is 0 Å². The zero-order valence-corrected chi connectivity index (χ0v) is 10.2. The van der Waals surface area contributed by atoms with E-state index in [1.807, 2.05) is 0 Å². The first-order valence-corrected chi connectivity index (χ1v) is 6.78. The number of hydrogen-bond acceptors (Lipinski definition) is 2. The lowest BCUT2D eigenvalue weighted by Crippen LogP contribution is -2.45. The van der Waals surface area contributed by atoms with Crippen LogP contribution in [-0.2, 0) is 0 Å². The van der Waals surface area contributed by atoms with Crippen LogP contribution in [0.25, 0.3) is 0 Å². The summed E-state index contributed by atoms with van der Waals surface area (Å²) in [7, 11) is 0. The number of rotatable bonds is 4. The van der Waals surface area contributed by atoms with Crippen LogP contribution in [0.5, 0.6) is 0 Å². The maximum Gasteiger partial charge on any atom is 0.00933 e. The van der Waals surface area contributed by atoms with Crippen LogP contribution in [0.3, 0.4) is 0 Å². The summed E-state index contributed by atoms with van der Waals surface area (Å²) >= 11 is 4.54. The van der Waals surface area contributed by atoms with Crippen molar-refractivity contribution in [1.82, 2.24) is 4.90 Å². The highest BCUT2D eigenvalue weighted by molar-refractivity contribution is 7.80. The lowest BCUT2D eigenvalue weighted by Gasteiger charge is -2.44. The van der Waals surface area contributed by atoms with Crippen molar-refractivity contribution in [3.63, 3.8) is 0 Å². The Morgan fingerprint density at radius 3 is 2.64 bits per heavy atom. The Hall–Kier alpha value is 0.310. The first kappa shape index (κ1) is 10.8. The Kier molecular flexibility index (Phi) is 3.43. The molecular formula is C12H23NS. The normalized spacial score (nSPS) is 31.7. The maximum absolute atomic E-state index is 4.54. The van der Waals surface area contributed by atoms with Crippen molar-refractivity contribution in [2.24, 2.45) is 5.41 Å². The molecule has 1 aliphatic carbocycles. The predicted molar refractivity (Wildman–Crippen MR) is 65.0 cm³/mol. The minimum atomic E-state index is 0.598. The molecule has 2 fully saturated rings. The summed E-state index contributed by atoms with van der Waals surface area (Å²) in [6.45, 7) is 5.00. The Labute approximate surface area is 93.7 Å². The minimum absolute atomic E-state index is 0.598. The molecular weight excluding hydrogens is 190 g/mol. The van der Waals surface area contributed by atoms with Crippen LogP contribution in [-0.4, -0.2) is 29.8 Å². The van der Waals surface area contributed by atoms with Crippen molar-refractivity contribution in [2.45, 2.75) is 51.5 Å². The van der Waals surface area contributed by atoms with E-state index in [0.29, 0.717) is 5.41 Å². The first-order valence-electron chi connectivity index (χ1n) is 6.14. The monoisotopic (exact) mass is 213 g/mol. The van der Waals surface area contributed by atoms with Gasteiger partial charge in [0, 0.05) is 12.6 Å². The molecule has 1 saturated carbocycles. The highest BCUT2D eigenvalue weighted by Crippen LogP contribution is 2.43. The van der Waals surface area contributed by atoms with Gasteiger partial charge in [-0.25, -0.2) is 0 Å². The van der Waals surface area contributed by atoms with Gasteiger partial charge >= 0.3 is 0 Å². The molecule has 2 rings (SSSR count). The van der Waals surface area contributed by atoms with Crippen molar-refractivity contribution in [2.75, 3.05) is 18.8 Å². The summed E-state index contributed by atoms with van der Waals surface area (Å²) in [5.41, 5.74) is 0.598. The van der Waals surface area contributed by atoms with Crippen molar-refractivity contribution in [3.05, 3.63) is 0 Å². The van der Waals surface area contributed by atoms with Gasteiger partial charge in [0.25, 0.3) is 0 Å². The third kappa shape index (κ3) is 1.96. The summed E-state index contributed by atoms with van der Waals surface area (Å²) in [5.74, 6) is 1.10. The fourth-order valence-electron chi connectivity index (χ4n) is 3.04. The summed E-state index contributed by atoms with van der Waals surface area (Å²) in [4.78, 5) is 2.73. The molecule has 82 valence electrons. The number of hydrogen-bond donors (Lipinski definition) is 1. The second kappa shape index (κ2) is 4.44. The van der Waals surface area contributed by atoms with E-state index in [1.165, 1.54) is 51.6 Å². The second-order valence-corrected chi connectivity index (χ2v) is 5.50. The van der Waals surface area contributed by atoms with E-state index in [0.717, 1.165) is 11.8 Å². The molecule has 1 saturated heterocycles. The van der Waals surface area contributed by atoms with E-state index < -0.39 is 0 Å². The highest BCUT2D eigenvalue weighted by Gasteiger charge is 2.39. The summed E-state index contributed by atoms with van der Waals surface area (Å²) in [5, 5.41) is 0. The topological polar surface area (TPSA) is 3.24 Å². The Morgan fingerprint density at radius 2 is 2.14 bits per heavy atom. The maximum atomic E-state index is 4.54. The van der Waals surface area contributed by atoms with Gasteiger partial charge < -0.3 is 0 Å². The van der Waals surface area contributed by atoms with Crippen molar-refractivity contribution in [1.29, 1.82) is 0 Å². The second-order valence-electron chi connectivity index (χ2n) is 5.19. The Balaban J connectivity index is 1.89. The van der Waals surface area contributed by atoms with E-state index in [9.17, 15) is 0 Å². The predicted octanol–water partition coefficient (Wildman–Crippen LogP) is 2.96. The summed E-state index contributed by atoms with van der Waals surface area (Å²) in [6.07, 6.45) is 8.46. The van der Waals surface area contributed by atoms with Crippen LogP contribution in [0.2, 0.25) is 0 Å². The van der Waals surface area contributed by atoms with E-state index in [1.54, 1.807) is 0 Å². The van der Waals surface area contributed by atoms with Crippen LogP contribution in [0.1, 0.15) is 45.4 Å². The average Bonchev–Trinajstić information content (AvgIpc) is 2.58. The molecule has 14 heavy (non-hydrogen) atoms. The molecule has 1 unspecified atom stereocenters. The van der Waals surface area contributed by atoms with Crippen molar-refractivity contribution in [3.8, 4) is 0 Å². The molecule has 0 aromatic rings. The van der Waals surface area contributed by atoms with Crippen LogP contribution in [0.15, 0.2) is 0 Å². The smallest absolute Gasteiger partial charge is 0.00933 e. The molecule has 0 radical (unpaired) electrons. The van der Waals surface area contributed by atoms with Crippen LogP contribution < -0.4 is 0 Å². The van der Waals surface area contributed by atoms with E-state index >= 15 is 0 Å². The number of nitrogens with zero attached hydrogens (tertiary/aromatic N) is 1. The first-order chi connectivity index (χ1) is 6.79. The van der Waals surface area contributed by atoms with Crippen molar-refractivity contribution >= 4 is 12.6 Å². The molecule has 0 amide bonds. The van der Waals surface area contributed by atoms with Gasteiger partial charge in [-0.2, -0.15) is 12.6 Å². The van der Waals surface area contributed by atoms with Gasteiger partial charge in [-0.1, -0.05) is 13.3 Å². The third-order valence-electron chi connectivity index (χ3n) is 4.26. The van der Waals surface area contributed by atoms with Crippen LogP contribution in [0, 0.1) is 5.41 Å². The molecule has 0 bridgehead atoms. The average molecular weight is 213 g/mol. The molecule has 0 aromatic carbocycles. The van der Waals surface area contributed by atoms with Gasteiger partial charge in [0.15, 0.2) is 0 Å². The van der Waals surface area contributed by atoms with Crippen molar-refractivity contribution < 1.29 is 0 Å². The van der Waals surface area contributed by atoms with Gasteiger partial charge in [-0.3, -0.25) is 4.90 Å². The molecule has 0 spiro atoms. The Bertz CT molecular complexity index is 183. The molecule has 1 aliphatic heterocycles. The fraction of sp³-hybridized carbons (Fsp3) is 1.00. The minimum Gasteiger partial charge on any atom is -0.300 e. The number of thiol groups is 1. The molecule has 2 aliphatic rings. The lowest BCUT2D eigenvalue weighted by molar-refractivity contribution is 0.0822. The van der Waals surface area contributed by atoms with E-state index in [-0.39, 0.29) is 0 Å². The number of likely N-dealkylation sites (tertiary alicyclic amines) is 1. The van der Waals surface area contributed by atoms with Gasteiger partial charge in [0.05, 0.1) is 0 Å². The Morgan fingerprint density at radius 1 is 1.36 bits per heavy atom. The molecule has 2 heteroatoms. The van der Waals surface area contributed by atoms with E-state index in [4.69, 9.17) is 0 Å². The molecule has 1 nitrogen and oxygen atoms in total. The largest absolute Gasteiger partial charge is 0.300 e. The standard InChI is InChI=1S/C12H23NS/c1-2-11-5-3-8-13(11)9-12(10-14)6-4-7-12/h11,14H,2-10H2,1H3. The van der Waals surface area contributed by atoms with Gasteiger partial charge in [-0.15, -0.1) is 0 Å². The fourth-order valence-corrected chi connectivity index (χ4v) is 3.46.